The number of aromatic hydroxyl groups is 1. The highest BCUT2D eigenvalue weighted by atomic mass is 32.1. The van der Waals surface area contributed by atoms with Gasteiger partial charge in [0.2, 0.25) is 0 Å². The van der Waals surface area contributed by atoms with Crippen LogP contribution in [0.1, 0.15) is 5.56 Å². The Bertz CT molecular complexity index is 392. The van der Waals surface area contributed by atoms with Gasteiger partial charge in [0, 0.05) is 12.5 Å². The second-order valence-electron chi connectivity index (χ2n) is 2.72. The normalized spacial score (nSPS) is 9.71. The van der Waals surface area contributed by atoms with Crippen molar-refractivity contribution in [3.05, 3.63) is 33.9 Å². The van der Waals surface area contributed by atoms with E-state index in [0.29, 0.717) is 5.56 Å². The molecule has 0 aliphatic heterocycles. The molecule has 0 heterocycles. The number of hydrogen-bond donors (Lipinski definition) is 2. The molecule has 0 aromatic heterocycles. The van der Waals surface area contributed by atoms with E-state index in [4.69, 9.17) is 10.8 Å². The summed E-state index contributed by atoms with van der Waals surface area (Å²) in [5, 5.41) is 19.6. The van der Waals surface area contributed by atoms with Crippen molar-refractivity contribution in [1.29, 1.82) is 0 Å². The molecule has 1 aromatic rings. The zero-order valence-corrected chi connectivity index (χ0v) is 7.95. The van der Waals surface area contributed by atoms with Gasteiger partial charge in [-0.25, -0.2) is 0 Å². The minimum Gasteiger partial charge on any atom is -0.502 e. The number of nitrogens with zero attached hydrogens (tertiary/aromatic N) is 1. The summed E-state index contributed by atoms with van der Waals surface area (Å²) in [6.07, 6.45) is 0.288. The van der Waals surface area contributed by atoms with Gasteiger partial charge in [0.1, 0.15) is 0 Å². The minimum absolute atomic E-state index is 0.255. The van der Waals surface area contributed by atoms with E-state index in [-0.39, 0.29) is 22.8 Å². The van der Waals surface area contributed by atoms with Crippen molar-refractivity contribution in [3.8, 4) is 5.75 Å². The van der Waals surface area contributed by atoms with Crippen molar-refractivity contribution >= 4 is 22.9 Å². The first-order valence-electron chi connectivity index (χ1n) is 3.75. The Balaban J connectivity index is 3.06. The van der Waals surface area contributed by atoms with E-state index in [1.807, 2.05) is 0 Å². The molecule has 1 aromatic carbocycles. The molecule has 0 spiro atoms. The molecular formula is C8H8N2O3S. The molecular weight excluding hydrogens is 204 g/mol. The first-order valence-corrected chi connectivity index (χ1v) is 4.16. The number of phenolic OH excluding ortho intramolecular Hbond substituents is 1. The van der Waals surface area contributed by atoms with Crippen LogP contribution in [0, 0.1) is 10.1 Å². The molecule has 6 heteroatoms. The predicted octanol–water partition coefficient (Wildman–Crippen LogP) is 1.13. The third kappa shape index (κ3) is 2.40. The van der Waals surface area contributed by atoms with Gasteiger partial charge < -0.3 is 10.8 Å². The van der Waals surface area contributed by atoms with E-state index >= 15 is 0 Å². The number of hydrogen-bond acceptors (Lipinski definition) is 4. The lowest BCUT2D eigenvalue weighted by Crippen LogP contribution is -2.11. The molecule has 0 fully saturated rings. The van der Waals surface area contributed by atoms with Gasteiger partial charge in [0.25, 0.3) is 0 Å². The summed E-state index contributed by atoms with van der Waals surface area (Å²) in [5.74, 6) is -0.360. The van der Waals surface area contributed by atoms with Gasteiger partial charge in [-0.05, 0) is 11.6 Å². The Morgan fingerprint density at radius 2 is 2.29 bits per heavy atom. The van der Waals surface area contributed by atoms with Crippen molar-refractivity contribution < 1.29 is 10.0 Å². The van der Waals surface area contributed by atoms with Crippen molar-refractivity contribution in [3.63, 3.8) is 0 Å². The lowest BCUT2D eigenvalue weighted by atomic mass is 10.1. The number of benzene rings is 1. The number of thiocarbonyl (C=S) groups is 1. The first-order chi connectivity index (χ1) is 6.50. The van der Waals surface area contributed by atoms with E-state index in [2.05, 4.69) is 12.2 Å². The largest absolute Gasteiger partial charge is 0.502 e. The van der Waals surface area contributed by atoms with Gasteiger partial charge in [0.05, 0.1) is 9.91 Å². The van der Waals surface area contributed by atoms with E-state index < -0.39 is 4.92 Å². The number of rotatable bonds is 3. The summed E-state index contributed by atoms with van der Waals surface area (Å²) >= 11 is 4.66. The molecule has 0 aliphatic carbocycles. The fourth-order valence-electron chi connectivity index (χ4n) is 1.03. The van der Waals surface area contributed by atoms with Gasteiger partial charge in [-0.15, -0.1) is 0 Å². The highest BCUT2D eigenvalue weighted by Gasteiger charge is 2.13. The summed E-state index contributed by atoms with van der Waals surface area (Å²) < 4.78 is 0. The standard InChI is InChI=1S/C8H8N2O3S/c9-8(14)4-5-1-2-7(11)6(3-5)10(12)13/h1-3,11H,4H2,(H2,9,14). The minimum atomic E-state index is -0.654. The summed E-state index contributed by atoms with van der Waals surface area (Å²) in [4.78, 5) is 10.0. The second kappa shape index (κ2) is 4.01. The van der Waals surface area contributed by atoms with E-state index in [9.17, 15) is 10.1 Å². The Hall–Kier alpha value is -1.69. The smallest absolute Gasteiger partial charge is 0.310 e. The highest BCUT2D eigenvalue weighted by molar-refractivity contribution is 7.80. The molecule has 0 saturated heterocycles. The third-order valence-corrected chi connectivity index (χ3v) is 1.76. The molecule has 0 aliphatic rings. The fourth-order valence-corrected chi connectivity index (χ4v) is 1.19. The summed E-state index contributed by atoms with van der Waals surface area (Å²) in [7, 11) is 0. The van der Waals surface area contributed by atoms with Crippen LogP contribution in [0.15, 0.2) is 18.2 Å². The maximum atomic E-state index is 10.4. The molecule has 0 unspecified atom stereocenters. The van der Waals surface area contributed by atoms with Crippen LogP contribution in [0.2, 0.25) is 0 Å². The Morgan fingerprint density at radius 3 is 2.79 bits per heavy atom. The zero-order chi connectivity index (χ0) is 10.7. The zero-order valence-electron chi connectivity index (χ0n) is 7.14. The van der Waals surface area contributed by atoms with Crippen LogP contribution in [0.5, 0.6) is 5.75 Å². The van der Waals surface area contributed by atoms with Crippen molar-refractivity contribution in [2.45, 2.75) is 6.42 Å². The van der Waals surface area contributed by atoms with E-state index in [0.717, 1.165) is 0 Å². The van der Waals surface area contributed by atoms with Crippen LogP contribution in [-0.4, -0.2) is 15.0 Å². The maximum absolute atomic E-state index is 10.4. The first kappa shape index (κ1) is 10.4. The quantitative estimate of drug-likeness (QED) is 0.445. The molecule has 0 bridgehead atoms. The average molecular weight is 212 g/mol. The Kier molecular flexibility index (Phi) is 2.98. The van der Waals surface area contributed by atoms with Crippen LogP contribution in [0.4, 0.5) is 5.69 Å². The van der Waals surface area contributed by atoms with E-state index in [1.165, 1.54) is 12.1 Å². The van der Waals surface area contributed by atoms with Gasteiger partial charge in [0.15, 0.2) is 5.75 Å². The number of nitro groups is 1. The highest BCUT2D eigenvalue weighted by Crippen LogP contribution is 2.26. The molecule has 3 N–H and O–H groups in total. The monoisotopic (exact) mass is 212 g/mol. The lowest BCUT2D eigenvalue weighted by Gasteiger charge is -2.00. The van der Waals surface area contributed by atoms with Crippen molar-refractivity contribution in [2.75, 3.05) is 0 Å². The summed E-state index contributed by atoms with van der Waals surface area (Å²) in [6.45, 7) is 0. The van der Waals surface area contributed by atoms with Gasteiger partial charge in [-0.3, -0.25) is 10.1 Å². The van der Waals surface area contributed by atoms with Crippen LogP contribution in [-0.2, 0) is 6.42 Å². The number of phenols is 1. The van der Waals surface area contributed by atoms with E-state index in [1.54, 1.807) is 6.07 Å². The lowest BCUT2D eigenvalue weighted by molar-refractivity contribution is -0.385. The molecule has 1 rings (SSSR count). The maximum Gasteiger partial charge on any atom is 0.310 e. The number of nitro benzene ring substituents is 1. The third-order valence-electron chi connectivity index (χ3n) is 1.61. The van der Waals surface area contributed by atoms with Crippen LogP contribution in [0.3, 0.4) is 0 Å². The second-order valence-corrected chi connectivity index (χ2v) is 3.25. The van der Waals surface area contributed by atoms with Crippen LogP contribution < -0.4 is 5.73 Å². The van der Waals surface area contributed by atoms with Crippen molar-refractivity contribution in [2.24, 2.45) is 5.73 Å². The van der Waals surface area contributed by atoms with Gasteiger partial charge in [-0.2, -0.15) is 0 Å². The number of nitrogens with two attached hydrogens (primary N) is 1. The Morgan fingerprint density at radius 1 is 1.64 bits per heavy atom. The average Bonchev–Trinajstić information content (AvgIpc) is 2.07. The predicted molar refractivity (Wildman–Crippen MR) is 55.3 cm³/mol. The topological polar surface area (TPSA) is 89.4 Å². The summed E-state index contributed by atoms with van der Waals surface area (Å²) in [5.41, 5.74) is 5.57. The van der Waals surface area contributed by atoms with Gasteiger partial charge >= 0.3 is 5.69 Å². The molecule has 0 saturated carbocycles. The molecule has 0 atom stereocenters. The molecule has 14 heavy (non-hydrogen) atoms. The van der Waals surface area contributed by atoms with Gasteiger partial charge in [-0.1, -0.05) is 18.3 Å². The SMILES string of the molecule is NC(=S)Cc1ccc(O)c([N+](=O)[O-])c1. The molecule has 0 amide bonds. The molecule has 0 radical (unpaired) electrons. The van der Waals surface area contributed by atoms with Crippen molar-refractivity contribution in [1.82, 2.24) is 0 Å². The molecule has 5 nitrogen and oxygen atoms in total. The van der Waals surface area contributed by atoms with Crippen LogP contribution in [0.25, 0.3) is 0 Å². The molecule has 74 valence electrons. The Labute approximate surface area is 85.3 Å². The fraction of sp³-hybridized carbons (Fsp3) is 0.125. The van der Waals surface area contributed by atoms with Crippen LogP contribution >= 0.6 is 12.2 Å². The summed E-state index contributed by atoms with van der Waals surface area (Å²) in [6, 6.07) is 4.06.